The lowest BCUT2D eigenvalue weighted by Crippen LogP contribution is -2.37. The van der Waals surface area contributed by atoms with Gasteiger partial charge in [-0.3, -0.25) is 9.59 Å². The summed E-state index contributed by atoms with van der Waals surface area (Å²) in [6.07, 6.45) is 11.6. The Morgan fingerprint density at radius 3 is 2.26 bits per heavy atom. The van der Waals surface area contributed by atoms with E-state index in [4.69, 9.17) is 0 Å². The van der Waals surface area contributed by atoms with Gasteiger partial charge in [-0.25, -0.2) is 9.37 Å². The van der Waals surface area contributed by atoms with Gasteiger partial charge in [0.05, 0.1) is 5.01 Å². The first-order valence-corrected chi connectivity index (χ1v) is 14.3. The summed E-state index contributed by atoms with van der Waals surface area (Å²) in [5.74, 6) is -0.296. The minimum atomic E-state index is -0.383. The molecule has 0 unspecified atom stereocenters. The number of hydrogen-bond donors (Lipinski definition) is 1. The SMILES string of the molecule is C=CCC(C)(C)C.C=CCNC(=O)c1csc(C2CCN(C(=O)CCC(/C=C\C)=C(\F)C=C)CC2)n1.CC. The molecule has 1 saturated heterocycles. The van der Waals surface area contributed by atoms with Gasteiger partial charge >= 0.3 is 0 Å². The number of hydrogen-bond acceptors (Lipinski definition) is 4. The highest BCUT2D eigenvalue weighted by Gasteiger charge is 2.26. The van der Waals surface area contributed by atoms with E-state index in [1.807, 2.05) is 31.7 Å². The van der Waals surface area contributed by atoms with Crippen LogP contribution in [0.25, 0.3) is 0 Å². The first kappa shape index (κ1) is 35.2. The molecule has 5 nitrogen and oxygen atoms in total. The summed E-state index contributed by atoms with van der Waals surface area (Å²) in [4.78, 5) is 30.8. The largest absolute Gasteiger partial charge is 0.347 e. The average Bonchev–Trinajstić information content (AvgIpc) is 3.40. The van der Waals surface area contributed by atoms with Crippen LogP contribution in [0.2, 0.25) is 0 Å². The van der Waals surface area contributed by atoms with Gasteiger partial charge in [-0.15, -0.1) is 24.5 Å². The molecule has 1 N–H and O–H groups in total. The summed E-state index contributed by atoms with van der Waals surface area (Å²) in [5, 5.41) is 5.43. The highest BCUT2D eigenvalue weighted by molar-refractivity contribution is 7.09. The molecule has 38 heavy (non-hydrogen) atoms. The molecule has 1 fully saturated rings. The zero-order valence-electron chi connectivity index (χ0n) is 24.3. The van der Waals surface area contributed by atoms with Gasteiger partial charge in [0, 0.05) is 37.4 Å². The van der Waals surface area contributed by atoms with Crippen LogP contribution < -0.4 is 5.32 Å². The highest BCUT2D eigenvalue weighted by Crippen LogP contribution is 2.31. The minimum Gasteiger partial charge on any atom is -0.347 e. The Morgan fingerprint density at radius 1 is 1.16 bits per heavy atom. The molecule has 0 saturated carbocycles. The van der Waals surface area contributed by atoms with E-state index >= 15 is 0 Å². The van der Waals surface area contributed by atoms with Crippen molar-refractivity contribution < 1.29 is 14.0 Å². The molecular weight excluding hydrogens is 497 g/mol. The first-order valence-electron chi connectivity index (χ1n) is 13.4. The van der Waals surface area contributed by atoms with E-state index in [1.165, 1.54) is 17.4 Å². The van der Waals surface area contributed by atoms with Crippen LogP contribution >= 0.6 is 11.3 Å². The second-order valence-corrected chi connectivity index (χ2v) is 10.7. The highest BCUT2D eigenvalue weighted by atomic mass is 32.1. The van der Waals surface area contributed by atoms with Gasteiger partial charge < -0.3 is 10.2 Å². The third-order valence-corrected chi connectivity index (χ3v) is 6.58. The van der Waals surface area contributed by atoms with E-state index in [0.717, 1.165) is 24.3 Å². The Bertz CT molecular complexity index is 949. The van der Waals surface area contributed by atoms with Crippen LogP contribution in [0.4, 0.5) is 4.39 Å². The number of nitrogens with one attached hydrogen (secondary N) is 1. The molecule has 0 radical (unpaired) electrons. The average molecular weight is 546 g/mol. The molecule has 0 bridgehead atoms. The number of carbonyl (C=O) groups is 2. The Morgan fingerprint density at radius 2 is 1.79 bits per heavy atom. The van der Waals surface area contributed by atoms with Crippen molar-refractivity contribution in [2.45, 2.75) is 79.6 Å². The van der Waals surface area contributed by atoms with Crippen molar-refractivity contribution in [3.8, 4) is 0 Å². The van der Waals surface area contributed by atoms with E-state index in [0.29, 0.717) is 42.7 Å². The van der Waals surface area contributed by atoms with Crippen LogP contribution in [0.1, 0.15) is 95.1 Å². The number of carbonyl (C=O) groups excluding carboxylic acids is 2. The van der Waals surface area contributed by atoms with Crippen LogP contribution in [-0.4, -0.2) is 41.3 Å². The second-order valence-electron chi connectivity index (χ2n) is 9.86. The number of thiazole rings is 1. The smallest absolute Gasteiger partial charge is 0.271 e. The molecule has 1 aromatic heterocycles. The van der Waals surface area contributed by atoms with Gasteiger partial charge in [0.2, 0.25) is 5.91 Å². The van der Waals surface area contributed by atoms with Crippen molar-refractivity contribution >= 4 is 23.2 Å². The van der Waals surface area contributed by atoms with Crippen molar-refractivity contribution in [2.75, 3.05) is 19.6 Å². The lowest BCUT2D eigenvalue weighted by Gasteiger charge is -2.31. The summed E-state index contributed by atoms with van der Waals surface area (Å²) >= 11 is 1.49. The van der Waals surface area contributed by atoms with Crippen LogP contribution in [-0.2, 0) is 4.79 Å². The molecule has 0 spiro atoms. The summed E-state index contributed by atoms with van der Waals surface area (Å²) in [6, 6.07) is 0. The molecule has 2 amide bonds. The topological polar surface area (TPSA) is 62.3 Å². The van der Waals surface area contributed by atoms with E-state index in [9.17, 15) is 14.0 Å². The number of likely N-dealkylation sites (tertiary alicyclic amines) is 1. The first-order chi connectivity index (χ1) is 18.1. The maximum Gasteiger partial charge on any atom is 0.271 e. The fourth-order valence-corrected chi connectivity index (χ4v) is 4.63. The fourth-order valence-electron chi connectivity index (χ4n) is 3.66. The van der Waals surface area contributed by atoms with Crippen molar-refractivity contribution in [3.63, 3.8) is 0 Å². The van der Waals surface area contributed by atoms with Gasteiger partial charge in [0.25, 0.3) is 5.91 Å². The standard InChI is InChI=1S/C22H28FN3O2S.C7H14.C2H6/c1-4-7-16(18(23)6-3)8-9-20(27)26-13-10-17(11-14-26)22-25-19(15-29-22)21(28)24-12-5-2;1-5-6-7(2,3)4;1-2/h4-7,15,17H,2-3,8-14H2,1H3,(H,24,28);5H,1,6H2,2-4H3;1-2H3/b7-4-,18-16-;;. The van der Waals surface area contributed by atoms with E-state index < -0.39 is 0 Å². The molecule has 7 heteroatoms. The number of rotatable bonds is 10. The lowest BCUT2D eigenvalue weighted by molar-refractivity contribution is -0.132. The second kappa shape index (κ2) is 19.3. The summed E-state index contributed by atoms with van der Waals surface area (Å²) in [5.41, 5.74) is 1.36. The van der Waals surface area contributed by atoms with E-state index in [2.05, 4.69) is 50.8 Å². The third-order valence-electron chi connectivity index (χ3n) is 5.58. The predicted octanol–water partition coefficient (Wildman–Crippen LogP) is 8.17. The van der Waals surface area contributed by atoms with Crippen LogP contribution in [0, 0.1) is 5.41 Å². The lowest BCUT2D eigenvalue weighted by atomic mass is 9.93. The van der Waals surface area contributed by atoms with Gasteiger partial charge in [0.1, 0.15) is 11.5 Å². The molecular formula is C31H48FN3O2S. The van der Waals surface area contributed by atoms with Crippen LogP contribution in [0.5, 0.6) is 0 Å². The van der Waals surface area contributed by atoms with Crippen LogP contribution in [0.3, 0.4) is 0 Å². The third kappa shape index (κ3) is 13.7. The molecule has 0 atom stereocenters. The van der Waals surface area contributed by atoms with Crippen molar-refractivity contribution in [2.24, 2.45) is 5.41 Å². The Labute approximate surface area is 234 Å². The normalized spacial score (nSPS) is 14.3. The maximum atomic E-state index is 13.8. The van der Waals surface area contributed by atoms with Crippen molar-refractivity contribution in [1.82, 2.24) is 15.2 Å². The molecule has 1 aromatic rings. The zero-order chi connectivity index (χ0) is 29.1. The molecule has 0 aliphatic carbocycles. The number of amides is 2. The number of piperidine rings is 1. The monoisotopic (exact) mass is 545 g/mol. The fraction of sp³-hybridized carbons (Fsp3) is 0.516. The minimum absolute atomic E-state index is 0.0333. The molecule has 2 rings (SSSR count). The van der Waals surface area contributed by atoms with E-state index in [1.54, 1.807) is 23.6 Å². The number of allylic oxidation sites excluding steroid dienone is 6. The van der Waals surface area contributed by atoms with Crippen LogP contribution in [0.15, 0.2) is 66.9 Å². The van der Waals surface area contributed by atoms with E-state index in [-0.39, 0.29) is 30.0 Å². The maximum absolute atomic E-state index is 13.8. The predicted molar refractivity (Wildman–Crippen MR) is 161 cm³/mol. The summed E-state index contributed by atoms with van der Waals surface area (Å²) < 4.78 is 13.8. The molecule has 0 aromatic carbocycles. The van der Waals surface area contributed by atoms with Crippen molar-refractivity contribution in [1.29, 1.82) is 0 Å². The van der Waals surface area contributed by atoms with Gasteiger partial charge in [0.15, 0.2) is 0 Å². The molecule has 1 aliphatic heterocycles. The Kier molecular flexibility index (Phi) is 17.9. The quantitative estimate of drug-likeness (QED) is 0.238. The number of halogens is 1. The Balaban J connectivity index is 0.00000132. The van der Waals surface area contributed by atoms with Gasteiger partial charge in [-0.2, -0.15) is 0 Å². The molecule has 212 valence electrons. The number of aromatic nitrogens is 1. The summed E-state index contributed by atoms with van der Waals surface area (Å²) in [7, 11) is 0. The Hall–Kier alpha value is -2.80. The van der Waals surface area contributed by atoms with Crippen molar-refractivity contribution in [3.05, 3.63) is 77.6 Å². The number of nitrogens with zero attached hydrogens (tertiary/aromatic N) is 2. The van der Waals surface area contributed by atoms with Gasteiger partial charge in [-0.05, 0) is 49.7 Å². The van der Waals surface area contributed by atoms with Gasteiger partial charge in [-0.1, -0.05) is 65.5 Å². The summed E-state index contributed by atoms with van der Waals surface area (Å²) in [6.45, 7) is 24.8. The zero-order valence-corrected chi connectivity index (χ0v) is 25.1. The molecule has 2 heterocycles. The molecule has 1 aliphatic rings.